The quantitative estimate of drug-likeness (QED) is 0.714. The van der Waals surface area contributed by atoms with Crippen molar-refractivity contribution in [3.8, 4) is 6.07 Å². The Hall–Kier alpha value is -3.14. The lowest BCUT2D eigenvalue weighted by Gasteiger charge is -2.21. The van der Waals surface area contributed by atoms with Crippen molar-refractivity contribution in [1.82, 2.24) is 19.7 Å². The highest BCUT2D eigenvalue weighted by molar-refractivity contribution is 6.06. The summed E-state index contributed by atoms with van der Waals surface area (Å²) in [6, 6.07) is 7.47. The Morgan fingerprint density at radius 2 is 2.24 bits per heavy atom. The van der Waals surface area contributed by atoms with Crippen molar-refractivity contribution in [2.45, 2.75) is 26.8 Å². The average Bonchev–Trinajstić information content (AvgIpc) is 3.18. The lowest BCUT2D eigenvalue weighted by Crippen LogP contribution is -2.31. The van der Waals surface area contributed by atoms with Gasteiger partial charge in [0, 0.05) is 19.3 Å². The molecule has 0 aliphatic rings. The standard InChI is InChI=1S/C18H19N5O2/c1-12-10-15(16-13(2)21-22(3)17(16)20-12)18(24)23(8-5-7-19)11-14-6-4-9-25-14/h4,6,9-10H,5,8,11H2,1-3H3. The first-order chi connectivity index (χ1) is 12.0. The van der Waals surface area contributed by atoms with Gasteiger partial charge in [0.05, 0.1) is 41.9 Å². The molecule has 0 saturated carbocycles. The maximum Gasteiger partial charge on any atom is 0.255 e. The Balaban J connectivity index is 2.04. The number of carbonyl (C=O) groups is 1. The molecule has 7 nitrogen and oxygen atoms in total. The zero-order valence-corrected chi connectivity index (χ0v) is 14.5. The van der Waals surface area contributed by atoms with Crippen LogP contribution in [-0.4, -0.2) is 32.1 Å². The lowest BCUT2D eigenvalue weighted by molar-refractivity contribution is 0.0737. The van der Waals surface area contributed by atoms with Gasteiger partial charge in [0.25, 0.3) is 5.91 Å². The van der Waals surface area contributed by atoms with Gasteiger partial charge in [-0.15, -0.1) is 0 Å². The van der Waals surface area contributed by atoms with Crippen molar-refractivity contribution in [1.29, 1.82) is 5.26 Å². The van der Waals surface area contributed by atoms with E-state index in [1.165, 1.54) is 0 Å². The van der Waals surface area contributed by atoms with Crippen LogP contribution in [0.25, 0.3) is 11.0 Å². The predicted molar refractivity (Wildman–Crippen MR) is 91.7 cm³/mol. The Bertz CT molecular complexity index is 950. The van der Waals surface area contributed by atoms with Gasteiger partial charge in [0.1, 0.15) is 5.76 Å². The molecule has 0 atom stereocenters. The van der Waals surface area contributed by atoms with Gasteiger partial charge in [-0.3, -0.25) is 9.48 Å². The van der Waals surface area contributed by atoms with Crippen LogP contribution in [0.2, 0.25) is 0 Å². The summed E-state index contributed by atoms with van der Waals surface area (Å²) in [5.74, 6) is 0.523. The van der Waals surface area contributed by atoms with E-state index < -0.39 is 0 Å². The van der Waals surface area contributed by atoms with Crippen molar-refractivity contribution in [3.05, 3.63) is 47.2 Å². The minimum atomic E-state index is -0.154. The summed E-state index contributed by atoms with van der Waals surface area (Å²) in [6.45, 7) is 4.36. The third-order valence-corrected chi connectivity index (χ3v) is 4.03. The topological polar surface area (TPSA) is 88.0 Å². The van der Waals surface area contributed by atoms with E-state index in [4.69, 9.17) is 9.68 Å². The van der Waals surface area contributed by atoms with E-state index in [1.54, 1.807) is 28.0 Å². The largest absolute Gasteiger partial charge is 0.467 e. The first-order valence-corrected chi connectivity index (χ1v) is 8.01. The molecule has 0 saturated heterocycles. The number of nitrogens with zero attached hydrogens (tertiary/aromatic N) is 5. The highest BCUT2D eigenvalue weighted by Crippen LogP contribution is 2.23. The summed E-state index contributed by atoms with van der Waals surface area (Å²) in [5.41, 5.74) is 2.74. The molecule has 0 radical (unpaired) electrons. The number of aryl methyl sites for hydroxylation is 3. The Morgan fingerprint density at radius 3 is 2.92 bits per heavy atom. The maximum absolute atomic E-state index is 13.2. The number of amides is 1. The van der Waals surface area contributed by atoms with E-state index >= 15 is 0 Å². The fourth-order valence-electron chi connectivity index (χ4n) is 2.94. The van der Waals surface area contributed by atoms with E-state index in [0.717, 1.165) is 16.8 Å². The van der Waals surface area contributed by atoms with Gasteiger partial charge in [-0.1, -0.05) is 0 Å². The molecule has 1 amide bonds. The fourth-order valence-corrected chi connectivity index (χ4v) is 2.94. The number of rotatable bonds is 5. The maximum atomic E-state index is 13.2. The van der Waals surface area contributed by atoms with Crippen LogP contribution in [0.1, 0.15) is 33.9 Å². The fraction of sp³-hybridized carbons (Fsp3) is 0.333. The first kappa shape index (κ1) is 16.7. The van der Waals surface area contributed by atoms with Crippen LogP contribution in [-0.2, 0) is 13.6 Å². The second kappa shape index (κ2) is 6.77. The second-order valence-electron chi connectivity index (χ2n) is 5.93. The molecule has 0 bridgehead atoms. The average molecular weight is 337 g/mol. The van der Waals surface area contributed by atoms with Gasteiger partial charge in [-0.25, -0.2) is 4.98 Å². The van der Waals surface area contributed by atoms with Crippen molar-refractivity contribution < 1.29 is 9.21 Å². The molecule has 0 N–H and O–H groups in total. The van der Waals surface area contributed by atoms with Crippen LogP contribution in [0.4, 0.5) is 0 Å². The van der Waals surface area contributed by atoms with Gasteiger partial charge in [0.15, 0.2) is 5.65 Å². The molecular weight excluding hydrogens is 318 g/mol. The third kappa shape index (κ3) is 3.24. The molecule has 128 valence electrons. The van der Waals surface area contributed by atoms with Crippen molar-refractivity contribution in [2.24, 2.45) is 7.05 Å². The molecule has 0 spiro atoms. The molecule has 3 heterocycles. The molecule has 3 rings (SSSR count). The summed E-state index contributed by atoms with van der Waals surface area (Å²) >= 11 is 0. The van der Waals surface area contributed by atoms with Crippen LogP contribution in [0.3, 0.4) is 0 Å². The minimum absolute atomic E-state index is 0.154. The molecule has 0 aliphatic heterocycles. The molecule has 0 unspecified atom stereocenters. The number of furan rings is 1. The monoisotopic (exact) mass is 337 g/mol. The predicted octanol–water partition coefficient (Wildman–Crippen LogP) is 2.73. The molecule has 0 fully saturated rings. The van der Waals surface area contributed by atoms with Crippen LogP contribution in [0.5, 0.6) is 0 Å². The van der Waals surface area contributed by atoms with E-state index in [1.807, 2.05) is 27.0 Å². The first-order valence-electron chi connectivity index (χ1n) is 8.01. The van der Waals surface area contributed by atoms with Crippen molar-refractivity contribution in [2.75, 3.05) is 6.54 Å². The van der Waals surface area contributed by atoms with Gasteiger partial charge in [-0.05, 0) is 32.0 Å². The number of hydrogen-bond donors (Lipinski definition) is 0. The smallest absolute Gasteiger partial charge is 0.255 e. The number of hydrogen-bond acceptors (Lipinski definition) is 5. The van der Waals surface area contributed by atoms with E-state index in [2.05, 4.69) is 16.2 Å². The summed E-state index contributed by atoms with van der Waals surface area (Å²) in [6.07, 6.45) is 1.83. The SMILES string of the molecule is Cc1cc(C(=O)N(CCC#N)Cc2ccco2)c2c(C)nn(C)c2n1. The van der Waals surface area contributed by atoms with Crippen LogP contribution in [0, 0.1) is 25.2 Å². The molecule has 0 aromatic carbocycles. The summed E-state index contributed by atoms with van der Waals surface area (Å²) in [5, 5.41) is 14.1. The van der Waals surface area contributed by atoms with Crippen molar-refractivity contribution >= 4 is 16.9 Å². The number of carbonyl (C=O) groups excluding carboxylic acids is 1. The normalized spacial score (nSPS) is 10.8. The van der Waals surface area contributed by atoms with Gasteiger partial charge in [0.2, 0.25) is 0 Å². The molecular formula is C18H19N5O2. The number of aromatic nitrogens is 3. The zero-order chi connectivity index (χ0) is 18.0. The van der Waals surface area contributed by atoms with E-state index in [-0.39, 0.29) is 12.3 Å². The lowest BCUT2D eigenvalue weighted by atomic mass is 10.1. The van der Waals surface area contributed by atoms with Gasteiger partial charge < -0.3 is 9.32 Å². The highest BCUT2D eigenvalue weighted by atomic mass is 16.3. The minimum Gasteiger partial charge on any atom is -0.467 e. The number of fused-ring (bicyclic) bond motifs is 1. The highest BCUT2D eigenvalue weighted by Gasteiger charge is 2.23. The molecule has 3 aromatic rings. The van der Waals surface area contributed by atoms with E-state index in [0.29, 0.717) is 30.1 Å². The summed E-state index contributed by atoms with van der Waals surface area (Å²) in [7, 11) is 1.81. The second-order valence-corrected chi connectivity index (χ2v) is 5.93. The molecule has 0 aliphatic carbocycles. The molecule has 3 aromatic heterocycles. The third-order valence-electron chi connectivity index (χ3n) is 4.03. The zero-order valence-electron chi connectivity index (χ0n) is 14.5. The number of nitriles is 1. The molecule has 7 heteroatoms. The molecule has 25 heavy (non-hydrogen) atoms. The summed E-state index contributed by atoms with van der Waals surface area (Å²) < 4.78 is 7.04. The Labute approximate surface area is 145 Å². The Kier molecular flexibility index (Phi) is 4.52. The van der Waals surface area contributed by atoms with Crippen molar-refractivity contribution in [3.63, 3.8) is 0 Å². The number of pyridine rings is 1. The summed E-state index contributed by atoms with van der Waals surface area (Å²) in [4.78, 5) is 19.3. The Morgan fingerprint density at radius 1 is 1.44 bits per heavy atom. The van der Waals surface area contributed by atoms with Crippen LogP contribution in [0.15, 0.2) is 28.9 Å². The van der Waals surface area contributed by atoms with Crippen LogP contribution >= 0.6 is 0 Å². The van der Waals surface area contributed by atoms with Gasteiger partial charge in [-0.2, -0.15) is 10.4 Å². The van der Waals surface area contributed by atoms with E-state index in [9.17, 15) is 4.79 Å². The van der Waals surface area contributed by atoms with Gasteiger partial charge >= 0.3 is 0 Å². The van der Waals surface area contributed by atoms with Crippen LogP contribution < -0.4 is 0 Å².